The van der Waals surface area contributed by atoms with Crippen LogP contribution in [0.2, 0.25) is 0 Å². The largest absolute Gasteiger partial charge is 0.412 e. The van der Waals surface area contributed by atoms with Crippen LogP contribution in [0.1, 0.15) is 25.1 Å². The van der Waals surface area contributed by atoms with Crippen LogP contribution in [0.4, 0.5) is 13.2 Å². The highest BCUT2D eigenvalue weighted by Crippen LogP contribution is 2.26. The minimum Gasteiger partial charge on any atom is -0.364 e. The first kappa shape index (κ1) is 12.8. The molecule has 0 radical (unpaired) electrons. The Morgan fingerprint density at radius 3 is 2.62 bits per heavy atom. The van der Waals surface area contributed by atoms with Crippen LogP contribution in [-0.2, 0) is 6.42 Å². The summed E-state index contributed by atoms with van der Waals surface area (Å²) in [6.07, 6.45) is -1.08. The Hall–Kier alpha value is -1.26. The Balaban J connectivity index is 2.67. The molecule has 0 saturated heterocycles. The summed E-state index contributed by atoms with van der Waals surface area (Å²) < 4.78 is 41.5. The molecule has 5 heteroatoms. The minimum absolute atomic E-state index is 0.217. The average Bonchev–Trinajstić information content (AvgIpc) is 2.50. The number of nitrogens with zero attached hydrogens (tertiary/aromatic N) is 1. The molecule has 90 valence electrons. The van der Waals surface area contributed by atoms with Crippen molar-refractivity contribution in [3.63, 3.8) is 0 Å². The topological polar surface area (TPSA) is 26.0 Å². The van der Waals surface area contributed by atoms with Gasteiger partial charge in [0.05, 0.1) is 5.69 Å². The van der Waals surface area contributed by atoms with Crippen molar-refractivity contribution in [3.05, 3.63) is 29.2 Å². The summed E-state index contributed by atoms with van der Waals surface area (Å²) in [5.74, 6) is -0.217. The van der Waals surface area contributed by atoms with Crippen molar-refractivity contribution in [2.75, 3.05) is 0 Å². The molecule has 1 unspecified atom stereocenters. The number of hydrogen-bond donors (Lipinski definition) is 0. The number of halogens is 3. The molecule has 0 bridgehead atoms. The minimum atomic E-state index is -4.24. The van der Waals surface area contributed by atoms with Gasteiger partial charge in [0.2, 0.25) is 0 Å². The molecule has 0 aliphatic rings. The standard InChI is InChI=1S/C11H14F3NO/c1-7(4-9(3)11(12,13)14)5-10-8(2)6-16-15-10/h4,6-7H,5H2,1-3H3/b9-4+. The fourth-order valence-corrected chi connectivity index (χ4v) is 1.39. The second-order valence-electron chi connectivity index (χ2n) is 3.97. The average molecular weight is 233 g/mol. The molecule has 1 aromatic heterocycles. The van der Waals surface area contributed by atoms with E-state index in [2.05, 4.69) is 5.16 Å². The van der Waals surface area contributed by atoms with Crippen LogP contribution in [0.15, 0.2) is 22.4 Å². The lowest BCUT2D eigenvalue weighted by molar-refractivity contribution is -0.0918. The van der Waals surface area contributed by atoms with Crippen molar-refractivity contribution >= 4 is 0 Å². The predicted octanol–water partition coefficient (Wildman–Crippen LogP) is 3.67. The fraction of sp³-hybridized carbons (Fsp3) is 0.545. The lowest BCUT2D eigenvalue weighted by atomic mass is 10.0. The number of aryl methyl sites for hydroxylation is 1. The third-order valence-electron chi connectivity index (χ3n) is 2.34. The van der Waals surface area contributed by atoms with Gasteiger partial charge in [-0.25, -0.2) is 0 Å². The Morgan fingerprint density at radius 1 is 1.56 bits per heavy atom. The molecule has 2 nitrogen and oxygen atoms in total. The van der Waals surface area contributed by atoms with Gasteiger partial charge in [0.1, 0.15) is 6.26 Å². The summed E-state index contributed by atoms with van der Waals surface area (Å²) in [6, 6.07) is 0. The van der Waals surface area contributed by atoms with E-state index in [4.69, 9.17) is 4.52 Å². The second kappa shape index (κ2) is 4.72. The Labute approximate surface area is 92.1 Å². The molecule has 0 aliphatic heterocycles. The first-order valence-corrected chi connectivity index (χ1v) is 4.96. The fourth-order valence-electron chi connectivity index (χ4n) is 1.39. The zero-order chi connectivity index (χ0) is 12.3. The van der Waals surface area contributed by atoms with Crippen LogP contribution in [0.25, 0.3) is 0 Å². The van der Waals surface area contributed by atoms with Gasteiger partial charge in [-0.3, -0.25) is 0 Å². The SMILES string of the molecule is C/C(=C\C(C)Cc1nocc1C)C(F)(F)F. The summed E-state index contributed by atoms with van der Waals surface area (Å²) in [5.41, 5.74) is 1.00. The van der Waals surface area contributed by atoms with Gasteiger partial charge in [-0.1, -0.05) is 18.2 Å². The van der Waals surface area contributed by atoms with E-state index in [1.54, 1.807) is 6.92 Å². The maximum Gasteiger partial charge on any atom is 0.412 e. The Morgan fingerprint density at radius 2 is 2.19 bits per heavy atom. The first-order valence-electron chi connectivity index (χ1n) is 4.96. The van der Waals surface area contributed by atoms with E-state index in [-0.39, 0.29) is 5.92 Å². The summed E-state index contributed by atoms with van der Waals surface area (Å²) in [6.45, 7) is 4.62. The highest BCUT2D eigenvalue weighted by Gasteiger charge is 2.30. The number of alkyl halides is 3. The second-order valence-corrected chi connectivity index (χ2v) is 3.97. The number of aromatic nitrogens is 1. The summed E-state index contributed by atoms with van der Waals surface area (Å²) in [5, 5.41) is 3.74. The molecule has 1 heterocycles. The first-order chi connectivity index (χ1) is 7.30. The molecule has 16 heavy (non-hydrogen) atoms. The van der Waals surface area contributed by atoms with Gasteiger partial charge in [-0.05, 0) is 26.2 Å². The maximum absolute atomic E-state index is 12.3. The van der Waals surface area contributed by atoms with Gasteiger partial charge in [0, 0.05) is 11.1 Å². The van der Waals surface area contributed by atoms with Crippen LogP contribution in [-0.4, -0.2) is 11.3 Å². The van der Waals surface area contributed by atoms with Crippen LogP contribution < -0.4 is 0 Å². The lowest BCUT2D eigenvalue weighted by Crippen LogP contribution is -2.11. The van der Waals surface area contributed by atoms with Gasteiger partial charge in [-0.15, -0.1) is 0 Å². The normalized spacial score (nSPS) is 15.2. The van der Waals surface area contributed by atoms with Crippen LogP contribution in [0, 0.1) is 12.8 Å². The Bertz CT molecular complexity index is 379. The maximum atomic E-state index is 12.3. The zero-order valence-electron chi connectivity index (χ0n) is 9.43. The smallest absolute Gasteiger partial charge is 0.364 e. The summed E-state index contributed by atoms with van der Waals surface area (Å²) in [7, 11) is 0. The molecule has 0 saturated carbocycles. The van der Waals surface area contributed by atoms with E-state index in [0.717, 1.165) is 12.5 Å². The summed E-state index contributed by atoms with van der Waals surface area (Å²) in [4.78, 5) is 0. The van der Waals surface area contributed by atoms with E-state index in [1.807, 2.05) is 6.92 Å². The molecule has 0 spiro atoms. The predicted molar refractivity (Wildman–Crippen MR) is 53.9 cm³/mol. The lowest BCUT2D eigenvalue weighted by Gasteiger charge is -2.10. The van der Waals surface area contributed by atoms with Crippen molar-refractivity contribution < 1.29 is 17.7 Å². The van der Waals surface area contributed by atoms with E-state index in [1.165, 1.54) is 12.3 Å². The Kier molecular flexibility index (Phi) is 3.78. The number of rotatable bonds is 3. The number of hydrogen-bond acceptors (Lipinski definition) is 2. The van der Waals surface area contributed by atoms with Crippen molar-refractivity contribution in [1.29, 1.82) is 0 Å². The third-order valence-corrected chi connectivity index (χ3v) is 2.34. The highest BCUT2D eigenvalue weighted by molar-refractivity contribution is 5.15. The highest BCUT2D eigenvalue weighted by atomic mass is 19.4. The molecule has 0 aliphatic carbocycles. The van der Waals surface area contributed by atoms with Gasteiger partial charge < -0.3 is 4.52 Å². The van der Waals surface area contributed by atoms with Crippen molar-refractivity contribution in [2.24, 2.45) is 5.92 Å². The summed E-state index contributed by atoms with van der Waals surface area (Å²) >= 11 is 0. The third kappa shape index (κ3) is 3.40. The van der Waals surface area contributed by atoms with E-state index in [0.29, 0.717) is 12.1 Å². The van der Waals surface area contributed by atoms with Crippen molar-refractivity contribution in [2.45, 2.75) is 33.4 Å². The molecule has 0 N–H and O–H groups in total. The van der Waals surface area contributed by atoms with Crippen LogP contribution in [0.3, 0.4) is 0 Å². The van der Waals surface area contributed by atoms with Crippen molar-refractivity contribution in [1.82, 2.24) is 5.16 Å². The zero-order valence-corrected chi connectivity index (χ0v) is 9.43. The molecule has 0 aromatic carbocycles. The molecular weight excluding hydrogens is 219 g/mol. The van der Waals surface area contributed by atoms with Gasteiger partial charge >= 0.3 is 6.18 Å². The van der Waals surface area contributed by atoms with E-state index >= 15 is 0 Å². The van der Waals surface area contributed by atoms with Gasteiger partial charge in [-0.2, -0.15) is 13.2 Å². The van der Waals surface area contributed by atoms with Gasteiger partial charge in [0.25, 0.3) is 0 Å². The molecule has 0 amide bonds. The molecular formula is C11H14F3NO. The number of allylic oxidation sites excluding steroid dienone is 2. The van der Waals surface area contributed by atoms with Crippen LogP contribution >= 0.6 is 0 Å². The van der Waals surface area contributed by atoms with E-state index in [9.17, 15) is 13.2 Å². The van der Waals surface area contributed by atoms with Crippen molar-refractivity contribution in [3.8, 4) is 0 Å². The molecule has 1 rings (SSSR count). The van der Waals surface area contributed by atoms with E-state index < -0.39 is 11.7 Å². The monoisotopic (exact) mass is 233 g/mol. The molecule has 0 fully saturated rings. The van der Waals surface area contributed by atoms with Crippen LogP contribution in [0.5, 0.6) is 0 Å². The molecule has 1 atom stereocenters. The molecule has 1 aromatic rings. The quantitative estimate of drug-likeness (QED) is 0.744. The van der Waals surface area contributed by atoms with Gasteiger partial charge in [0.15, 0.2) is 0 Å².